The average molecular weight is 453 g/mol. The summed E-state index contributed by atoms with van der Waals surface area (Å²) in [6, 6.07) is 0. The Morgan fingerprint density at radius 2 is 1.20 bits per heavy atom. The summed E-state index contributed by atoms with van der Waals surface area (Å²) in [6.45, 7) is 25.3. The third-order valence-electron chi connectivity index (χ3n) is 5.60. The first-order valence-corrected chi connectivity index (χ1v) is 9.74. The van der Waals surface area contributed by atoms with E-state index in [1.54, 1.807) is 0 Å². The van der Waals surface area contributed by atoms with Gasteiger partial charge in [0.25, 0.3) is 0 Å². The maximum atomic E-state index is 7.50. The second kappa shape index (κ2) is 19.6. The molecule has 7 nitrogen and oxygen atoms in total. The van der Waals surface area contributed by atoms with E-state index < -0.39 is 0 Å². The molecule has 0 N–H and O–H groups in total. The van der Waals surface area contributed by atoms with Gasteiger partial charge in [-0.3, -0.25) is 0 Å². The standard InChI is InChI=1S/C17H27NO.5CO.Cr/c1-4-19-6-5-16(18(2)3)17-10-13-7-14(11-17)9-15(8-13)12-17;5*1-2;/h5,13-15H,4,7-12H2,1-3H3;;;;;;/b16-5-;;;;;;. The molecule has 0 amide bonds. The van der Waals surface area contributed by atoms with Crippen LogP contribution in [0.2, 0.25) is 0 Å². The molecule has 4 fully saturated rings. The summed E-state index contributed by atoms with van der Waals surface area (Å²) in [6.07, 6.45) is 11.0. The van der Waals surface area contributed by atoms with Gasteiger partial charge in [-0.15, -0.1) is 0 Å². The quantitative estimate of drug-likeness (QED) is 0.470. The van der Waals surface area contributed by atoms with Crippen LogP contribution in [0.25, 0.3) is 0 Å². The van der Waals surface area contributed by atoms with Gasteiger partial charge >= 0.3 is 188 Å². The number of ether oxygens (including phenoxy) is 1. The molecule has 0 heterocycles. The van der Waals surface area contributed by atoms with E-state index in [1.807, 2.05) is 6.92 Å². The van der Waals surface area contributed by atoms with E-state index in [-0.39, 0.29) is 0 Å². The van der Waals surface area contributed by atoms with E-state index in [9.17, 15) is 0 Å². The number of hydrogen-bond donors (Lipinski definition) is 0. The summed E-state index contributed by atoms with van der Waals surface area (Å²) in [5.74, 6) is 2.96. The van der Waals surface area contributed by atoms with Gasteiger partial charge in [-0.2, -0.15) is 0 Å². The van der Waals surface area contributed by atoms with E-state index in [2.05, 4.69) is 74.2 Å². The van der Waals surface area contributed by atoms with Crippen LogP contribution in [-0.2, 0) is 43.8 Å². The van der Waals surface area contributed by atoms with Crippen molar-refractivity contribution in [2.75, 3.05) is 20.7 Å². The van der Waals surface area contributed by atoms with Crippen molar-refractivity contribution in [1.29, 1.82) is 0 Å². The van der Waals surface area contributed by atoms with Gasteiger partial charge in [-0.25, -0.2) is 0 Å². The molecule has 0 aromatic carbocycles. The van der Waals surface area contributed by atoms with Gasteiger partial charge in [0.2, 0.25) is 0 Å². The number of rotatable bonds is 5. The number of hydrogen-bond acceptors (Lipinski definition) is 2. The minimum absolute atomic E-state index is 0.435. The molecule has 30 heavy (non-hydrogen) atoms. The third kappa shape index (κ3) is 9.61. The van der Waals surface area contributed by atoms with E-state index >= 15 is 0 Å². The van der Waals surface area contributed by atoms with Gasteiger partial charge < -0.3 is 0 Å². The van der Waals surface area contributed by atoms with Gasteiger partial charge in [0.1, 0.15) is 0 Å². The molecule has 4 rings (SSSR count). The molecular weight excluding hydrogens is 426 g/mol. The summed E-state index contributed by atoms with van der Waals surface area (Å²) in [4.78, 5) is 2.34. The van der Waals surface area contributed by atoms with Gasteiger partial charge in [0.15, 0.2) is 0 Å². The Hall–Kier alpha value is -1.40. The van der Waals surface area contributed by atoms with Crippen LogP contribution in [-0.4, -0.2) is 30.2 Å². The number of nitrogens with zero attached hydrogens (tertiary/aromatic N) is 1. The predicted molar refractivity (Wildman–Crippen MR) is 98.7 cm³/mol. The molecule has 4 saturated carbocycles. The van der Waals surface area contributed by atoms with Crippen molar-refractivity contribution < 1.29 is 43.8 Å². The Kier molecular flexibility index (Phi) is 21.7. The van der Waals surface area contributed by atoms with E-state index in [4.69, 9.17) is 28.0 Å². The maximum absolute atomic E-state index is 7.50. The first-order chi connectivity index (χ1) is 14.5. The van der Waals surface area contributed by atoms with Crippen LogP contribution >= 0.6 is 0 Å². The van der Waals surface area contributed by atoms with Crippen molar-refractivity contribution >= 4 is 4.57 Å². The van der Waals surface area contributed by atoms with Crippen LogP contribution in [0.1, 0.15) is 45.4 Å². The Balaban J connectivity index is -0.000000642. The van der Waals surface area contributed by atoms with Crippen LogP contribution in [0.5, 0.6) is 0 Å². The molecule has 0 radical (unpaired) electrons. The summed E-state index contributed by atoms with van der Waals surface area (Å²) in [7, 11) is 4.40. The first-order valence-electron chi connectivity index (χ1n) is 9.10. The Bertz CT molecular complexity index is 560. The topological polar surface area (TPSA) is 112 Å². The summed E-state index contributed by atoms with van der Waals surface area (Å²) >= 11 is 3.09. The molecule has 0 aliphatic heterocycles. The van der Waals surface area contributed by atoms with Crippen LogP contribution in [0.4, 0.5) is 0 Å². The molecule has 0 atom stereocenters. The van der Waals surface area contributed by atoms with Gasteiger partial charge in [0, 0.05) is 0 Å². The zero-order chi connectivity index (χ0) is 24.3. The first kappa shape index (κ1) is 33.2. The second-order valence-electron chi connectivity index (χ2n) is 7.37. The molecule has 4 bridgehead atoms. The molecule has 0 aromatic heterocycles. The van der Waals surface area contributed by atoms with Crippen molar-refractivity contribution in [3.05, 3.63) is 45.0 Å². The van der Waals surface area contributed by atoms with Crippen LogP contribution in [0, 0.1) is 56.4 Å². The monoisotopic (exact) mass is 453 g/mol. The van der Waals surface area contributed by atoms with Crippen molar-refractivity contribution in [2.45, 2.75) is 45.4 Å². The van der Waals surface area contributed by atoms with E-state index in [0.717, 1.165) is 28.9 Å². The molecule has 0 spiro atoms. The van der Waals surface area contributed by atoms with Crippen molar-refractivity contribution in [3.8, 4) is 0 Å². The third-order valence-corrected chi connectivity index (χ3v) is 5.97. The second-order valence-corrected chi connectivity index (χ2v) is 8.00. The van der Waals surface area contributed by atoms with E-state index in [0.29, 0.717) is 5.41 Å². The Morgan fingerprint density at radius 1 is 0.867 bits per heavy atom. The molecular formula is C22H27CrNO6. The fourth-order valence-corrected chi connectivity index (χ4v) is 5.83. The molecule has 8 heteroatoms. The zero-order valence-corrected chi connectivity index (χ0v) is 18.8. The fourth-order valence-electron chi connectivity index (χ4n) is 5.48. The van der Waals surface area contributed by atoms with Crippen molar-refractivity contribution in [2.24, 2.45) is 23.2 Å². The van der Waals surface area contributed by atoms with Gasteiger partial charge in [-0.05, 0) is 0 Å². The normalized spacial score (nSPS) is 26.4. The summed E-state index contributed by atoms with van der Waals surface area (Å²) in [5, 5.41) is 0. The Labute approximate surface area is 187 Å². The zero-order valence-electron chi connectivity index (χ0n) is 17.6. The predicted octanol–water partition coefficient (Wildman–Crippen LogP) is 3.17. The summed E-state index contributed by atoms with van der Waals surface area (Å²) < 4.78 is 44.1. The molecule has 162 valence electrons. The van der Waals surface area contributed by atoms with Crippen molar-refractivity contribution in [1.82, 2.24) is 4.90 Å². The molecule has 0 aromatic rings. The fraction of sp³-hybridized carbons (Fsp3) is 0.636. The number of allylic oxidation sites excluding steroid dienone is 1. The van der Waals surface area contributed by atoms with Crippen LogP contribution < -0.4 is 0 Å². The SMILES string of the molecule is CCO[C](=[Cr])/C=C(\N(C)C)C12CC3CC(CC(C3)C1)C2.[C-]#[O+].[C-]#[O+].[C-]#[O+].[C-]#[O+].[C-]#[O+]. The van der Waals surface area contributed by atoms with Gasteiger partial charge in [-0.1, -0.05) is 0 Å². The molecule has 0 unspecified atom stereocenters. The van der Waals surface area contributed by atoms with Crippen LogP contribution in [0.15, 0.2) is 11.8 Å². The minimum atomic E-state index is 0.435. The van der Waals surface area contributed by atoms with Crippen molar-refractivity contribution in [3.63, 3.8) is 0 Å². The molecule has 4 aliphatic carbocycles. The Morgan fingerprint density at radius 3 is 1.47 bits per heavy atom. The van der Waals surface area contributed by atoms with Gasteiger partial charge in [0.05, 0.1) is 0 Å². The summed E-state index contributed by atoms with van der Waals surface area (Å²) in [5.41, 5.74) is 1.93. The average Bonchev–Trinajstić information content (AvgIpc) is 2.78. The molecule has 4 aliphatic rings. The van der Waals surface area contributed by atoms with Crippen LogP contribution in [0.3, 0.4) is 0 Å². The molecule has 0 saturated heterocycles. The van der Waals surface area contributed by atoms with E-state index in [1.165, 1.54) is 44.2 Å².